The van der Waals surface area contributed by atoms with Gasteiger partial charge in [-0.3, -0.25) is 4.79 Å². The molecule has 5 nitrogen and oxygen atoms in total. The van der Waals surface area contributed by atoms with Gasteiger partial charge in [0.2, 0.25) is 5.91 Å². The van der Waals surface area contributed by atoms with Crippen LogP contribution in [-0.2, 0) is 19.7 Å². The van der Waals surface area contributed by atoms with Crippen LogP contribution in [0.2, 0.25) is 0 Å². The van der Waals surface area contributed by atoms with E-state index in [1.807, 2.05) is 6.07 Å². The van der Waals surface area contributed by atoms with E-state index < -0.39 is 0 Å². The Labute approximate surface area is 137 Å². The molecule has 0 saturated carbocycles. The maximum atomic E-state index is 12.3. The highest BCUT2D eigenvalue weighted by molar-refractivity contribution is 5.76. The van der Waals surface area contributed by atoms with E-state index >= 15 is 0 Å². The van der Waals surface area contributed by atoms with E-state index in [1.54, 1.807) is 0 Å². The van der Waals surface area contributed by atoms with Gasteiger partial charge in [-0.1, -0.05) is 30.3 Å². The lowest BCUT2D eigenvalue weighted by Gasteiger charge is -2.38. The van der Waals surface area contributed by atoms with Gasteiger partial charge in [0, 0.05) is 44.2 Å². The van der Waals surface area contributed by atoms with Crippen molar-refractivity contribution in [1.82, 2.24) is 10.6 Å². The van der Waals surface area contributed by atoms with Gasteiger partial charge in [-0.15, -0.1) is 0 Å². The van der Waals surface area contributed by atoms with E-state index in [1.165, 1.54) is 5.56 Å². The second-order valence-corrected chi connectivity index (χ2v) is 6.47. The Morgan fingerprint density at radius 3 is 2.65 bits per heavy atom. The summed E-state index contributed by atoms with van der Waals surface area (Å²) in [6.45, 7) is 4.35. The Morgan fingerprint density at radius 1 is 1.17 bits per heavy atom. The van der Waals surface area contributed by atoms with E-state index in [4.69, 9.17) is 9.47 Å². The smallest absolute Gasteiger partial charge is 0.221 e. The summed E-state index contributed by atoms with van der Waals surface area (Å²) in [7, 11) is 0. The standard InChI is InChI=1S/C18H26N2O3/c21-17(12-16-13-23-11-8-19-16)20-14-18(6-9-22-10-7-18)15-4-2-1-3-5-15/h1-5,16,19H,6-14H2,(H,20,21). The summed E-state index contributed by atoms with van der Waals surface area (Å²) in [5, 5.41) is 6.47. The summed E-state index contributed by atoms with van der Waals surface area (Å²) < 4.78 is 10.9. The van der Waals surface area contributed by atoms with Crippen LogP contribution < -0.4 is 10.6 Å². The quantitative estimate of drug-likeness (QED) is 0.857. The lowest BCUT2D eigenvalue weighted by atomic mass is 9.74. The molecule has 0 bridgehead atoms. The topological polar surface area (TPSA) is 59.6 Å². The van der Waals surface area contributed by atoms with Crippen molar-refractivity contribution in [2.75, 3.05) is 39.5 Å². The average Bonchev–Trinajstić information content (AvgIpc) is 2.62. The first-order valence-electron chi connectivity index (χ1n) is 8.50. The molecule has 2 aliphatic heterocycles. The van der Waals surface area contributed by atoms with Gasteiger partial charge in [0.25, 0.3) is 0 Å². The van der Waals surface area contributed by atoms with Gasteiger partial charge >= 0.3 is 0 Å². The Morgan fingerprint density at radius 2 is 1.96 bits per heavy atom. The fourth-order valence-corrected chi connectivity index (χ4v) is 3.44. The molecule has 5 heteroatoms. The molecule has 3 rings (SSSR count). The molecule has 2 aliphatic rings. The lowest BCUT2D eigenvalue weighted by molar-refractivity contribution is -0.122. The number of rotatable bonds is 5. The van der Waals surface area contributed by atoms with Crippen LogP contribution in [0.3, 0.4) is 0 Å². The molecular weight excluding hydrogens is 292 g/mol. The van der Waals surface area contributed by atoms with Gasteiger partial charge in [0.15, 0.2) is 0 Å². The fraction of sp³-hybridized carbons (Fsp3) is 0.611. The molecule has 0 radical (unpaired) electrons. The zero-order valence-corrected chi connectivity index (χ0v) is 13.6. The van der Waals surface area contributed by atoms with Gasteiger partial charge in [-0.2, -0.15) is 0 Å². The zero-order valence-electron chi connectivity index (χ0n) is 13.6. The highest BCUT2D eigenvalue weighted by Crippen LogP contribution is 2.34. The van der Waals surface area contributed by atoms with Gasteiger partial charge in [0.05, 0.1) is 13.2 Å². The van der Waals surface area contributed by atoms with Gasteiger partial charge in [0.1, 0.15) is 0 Å². The van der Waals surface area contributed by atoms with Crippen LogP contribution in [0.25, 0.3) is 0 Å². The Balaban J connectivity index is 1.59. The molecule has 2 N–H and O–H groups in total. The van der Waals surface area contributed by atoms with Crippen LogP contribution in [0.15, 0.2) is 30.3 Å². The molecule has 2 saturated heterocycles. The second kappa shape index (κ2) is 7.90. The number of carbonyl (C=O) groups excluding carboxylic acids is 1. The zero-order chi connectivity index (χ0) is 16.0. The summed E-state index contributed by atoms with van der Waals surface area (Å²) in [6, 6.07) is 10.6. The van der Waals surface area contributed by atoms with Crippen molar-refractivity contribution in [1.29, 1.82) is 0 Å². The van der Waals surface area contributed by atoms with Crippen molar-refractivity contribution in [2.45, 2.75) is 30.7 Å². The SMILES string of the molecule is O=C(CC1COCCN1)NCC1(c2ccccc2)CCOCC1. The van der Waals surface area contributed by atoms with Crippen LogP contribution in [0.4, 0.5) is 0 Å². The number of hydrogen-bond donors (Lipinski definition) is 2. The Hall–Kier alpha value is -1.43. The molecule has 0 spiro atoms. The van der Waals surface area contributed by atoms with Crippen LogP contribution >= 0.6 is 0 Å². The number of benzene rings is 1. The largest absolute Gasteiger partial charge is 0.381 e. The molecule has 23 heavy (non-hydrogen) atoms. The van der Waals surface area contributed by atoms with Crippen LogP contribution in [0.1, 0.15) is 24.8 Å². The van der Waals surface area contributed by atoms with Crippen molar-refractivity contribution in [2.24, 2.45) is 0 Å². The molecule has 1 unspecified atom stereocenters. The number of amides is 1. The summed E-state index contributed by atoms with van der Waals surface area (Å²) >= 11 is 0. The molecule has 0 aliphatic carbocycles. The van der Waals surface area contributed by atoms with Gasteiger partial charge < -0.3 is 20.1 Å². The molecule has 1 atom stereocenters. The number of ether oxygens (including phenoxy) is 2. The molecule has 126 valence electrons. The third kappa shape index (κ3) is 4.31. The van der Waals surface area contributed by atoms with E-state index in [0.29, 0.717) is 19.6 Å². The van der Waals surface area contributed by atoms with Crippen molar-refractivity contribution in [3.63, 3.8) is 0 Å². The minimum Gasteiger partial charge on any atom is -0.381 e. The van der Waals surface area contributed by atoms with Gasteiger partial charge in [-0.25, -0.2) is 0 Å². The predicted molar refractivity (Wildman–Crippen MR) is 88.4 cm³/mol. The third-order valence-corrected chi connectivity index (χ3v) is 4.89. The minimum atomic E-state index is -0.00827. The van der Waals surface area contributed by atoms with Crippen LogP contribution in [-0.4, -0.2) is 51.5 Å². The third-order valence-electron chi connectivity index (χ3n) is 4.89. The first-order valence-corrected chi connectivity index (χ1v) is 8.50. The van der Waals surface area contributed by atoms with Crippen molar-refractivity contribution < 1.29 is 14.3 Å². The molecular formula is C18H26N2O3. The molecule has 1 amide bonds. The highest BCUT2D eigenvalue weighted by Gasteiger charge is 2.34. The van der Waals surface area contributed by atoms with Crippen molar-refractivity contribution in [3.05, 3.63) is 35.9 Å². The first kappa shape index (κ1) is 16.4. The maximum absolute atomic E-state index is 12.3. The summed E-state index contributed by atoms with van der Waals surface area (Å²) in [4.78, 5) is 12.3. The van der Waals surface area contributed by atoms with Crippen molar-refractivity contribution >= 4 is 5.91 Å². The van der Waals surface area contributed by atoms with E-state index in [0.717, 1.165) is 39.2 Å². The number of carbonyl (C=O) groups is 1. The van der Waals surface area contributed by atoms with Crippen LogP contribution in [0.5, 0.6) is 0 Å². The molecule has 2 heterocycles. The number of hydrogen-bond acceptors (Lipinski definition) is 4. The second-order valence-electron chi connectivity index (χ2n) is 6.47. The molecule has 0 aromatic heterocycles. The van der Waals surface area contributed by atoms with E-state index in [2.05, 4.69) is 34.9 Å². The normalized spacial score (nSPS) is 24.1. The van der Waals surface area contributed by atoms with Gasteiger partial charge in [-0.05, 0) is 18.4 Å². The summed E-state index contributed by atoms with van der Waals surface area (Å²) in [5.74, 6) is 0.0924. The number of nitrogens with one attached hydrogen (secondary N) is 2. The monoisotopic (exact) mass is 318 g/mol. The summed E-state index contributed by atoms with van der Waals surface area (Å²) in [5.41, 5.74) is 1.29. The maximum Gasteiger partial charge on any atom is 0.221 e. The Bertz CT molecular complexity index is 494. The average molecular weight is 318 g/mol. The van der Waals surface area contributed by atoms with E-state index in [-0.39, 0.29) is 17.4 Å². The molecule has 1 aromatic rings. The fourth-order valence-electron chi connectivity index (χ4n) is 3.44. The number of morpholine rings is 1. The molecule has 1 aromatic carbocycles. The first-order chi connectivity index (χ1) is 11.3. The Kier molecular flexibility index (Phi) is 5.65. The van der Waals surface area contributed by atoms with E-state index in [9.17, 15) is 4.79 Å². The predicted octanol–water partition coefficient (Wildman–Crippen LogP) is 1.23. The van der Waals surface area contributed by atoms with Crippen molar-refractivity contribution in [3.8, 4) is 0 Å². The minimum absolute atomic E-state index is 0.00827. The highest BCUT2D eigenvalue weighted by atomic mass is 16.5. The summed E-state index contributed by atoms with van der Waals surface area (Å²) in [6.07, 6.45) is 2.37. The van der Waals surface area contributed by atoms with Crippen LogP contribution in [0, 0.1) is 0 Å². The lowest BCUT2D eigenvalue weighted by Crippen LogP contribution is -2.48. The molecule has 2 fully saturated rings.